The first-order valence-corrected chi connectivity index (χ1v) is 7.03. The van der Waals surface area contributed by atoms with E-state index in [0.29, 0.717) is 10.9 Å². The summed E-state index contributed by atoms with van der Waals surface area (Å²) in [6.45, 7) is 2.86. The summed E-state index contributed by atoms with van der Waals surface area (Å²) in [5.41, 5.74) is 0.418. The van der Waals surface area contributed by atoms with E-state index in [9.17, 15) is 9.18 Å². The lowest BCUT2D eigenvalue weighted by molar-refractivity contribution is -0.125. The van der Waals surface area contributed by atoms with E-state index in [4.69, 9.17) is 0 Å². The van der Waals surface area contributed by atoms with Crippen molar-refractivity contribution in [2.45, 2.75) is 38.1 Å². The van der Waals surface area contributed by atoms with E-state index in [1.54, 1.807) is 6.07 Å². The largest absolute Gasteiger partial charge is 0.305 e. The maximum Gasteiger partial charge on any atom is 0.156 e. The smallest absolute Gasteiger partial charge is 0.156 e. The van der Waals surface area contributed by atoms with Gasteiger partial charge in [-0.1, -0.05) is 22.0 Å². The van der Waals surface area contributed by atoms with Gasteiger partial charge in [0.25, 0.3) is 0 Å². The number of nitrogens with one attached hydrogen (secondary N) is 1. The van der Waals surface area contributed by atoms with Gasteiger partial charge in [0.1, 0.15) is 5.82 Å². The average Bonchev–Trinajstić information content (AvgIpc) is 2.33. The second kappa shape index (κ2) is 5.49. The van der Waals surface area contributed by atoms with Crippen LogP contribution in [0.25, 0.3) is 0 Å². The molecule has 1 aliphatic heterocycles. The van der Waals surface area contributed by atoms with Gasteiger partial charge < -0.3 is 5.32 Å². The van der Waals surface area contributed by atoms with Gasteiger partial charge in [0.2, 0.25) is 0 Å². The second-order valence-corrected chi connectivity index (χ2v) is 5.91. The monoisotopic (exact) mass is 313 g/mol. The van der Waals surface area contributed by atoms with Crippen LogP contribution in [0.15, 0.2) is 22.7 Å². The Labute approximate surface area is 115 Å². The molecule has 1 fully saturated rings. The number of benzene rings is 1. The molecular weight excluding hydrogens is 297 g/mol. The Kier molecular flexibility index (Phi) is 4.17. The molecule has 0 aliphatic carbocycles. The van der Waals surface area contributed by atoms with Crippen LogP contribution in [0.2, 0.25) is 0 Å². The number of Topliss-reactive ketones (excluding diaryl/α,β-unsaturated/α-hetero) is 1. The molecule has 1 aromatic carbocycles. The van der Waals surface area contributed by atoms with E-state index < -0.39 is 5.54 Å². The molecule has 1 saturated heterocycles. The molecule has 1 heterocycles. The van der Waals surface area contributed by atoms with Crippen molar-refractivity contribution >= 4 is 21.7 Å². The van der Waals surface area contributed by atoms with Crippen molar-refractivity contribution in [3.8, 4) is 0 Å². The highest BCUT2D eigenvalue weighted by atomic mass is 79.9. The van der Waals surface area contributed by atoms with Gasteiger partial charge in [-0.15, -0.1) is 0 Å². The van der Waals surface area contributed by atoms with Crippen LogP contribution in [0.5, 0.6) is 0 Å². The van der Waals surface area contributed by atoms with E-state index in [1.807, 2.05) is 6.92 Å². The first kappa shape index (κ1) is 13.7. The lowest BCUT2D eigenvalue weighted by Gasteiger charge is -2.33. The molecule has 18 heavy (non-hydrogen) atoms. The zero-order valence-electron chi connectivity index (χ0n) is 10.4. The quantitative estimate of drug-likeness (QED) is 0.928. The molecule has 0 spiro atoms. The van der Waals surface area contributed by atoms with Crippen molar-refractivity contribution in [3.05, 3.63) is 34.1 Å². The minimum atomic E-state index is -0.425. The van der Waals surface area contributed by atoms with Crippen molar-refractivity contribution in [1.82, 2.24) is 5.32 Å². The third-order valence-corrected chi connectivity index (χ3v) is 4.34. The van der Waals surface area contributed by atoms with Crippen molar-refractivity contribution in [3.63, 3.8) is 0 Å². The summed E-state index contributed by atoms with van der Waals surface area (Å²) in [4.78, 5) is 12.3. The normalized spacial score (nSPS) is 23.9. The molecule has 98 valence electrons. The van der Waals surface area contributed by atoms with Crippen LogP contribution in [0, 0.1) is 5.82 Å². The van der Waals surface area contributed by atoms with Crippen molar-refractivity contribution in [2.24, 2.45) is 0 Å². The lowest BCUT2D eigenvalue weighted by atomic mass is 9.84. The Balaban J connectivity index is 2.11. The number of carbonyl (C=O) groups is 1. The first-order chi connectivity index (χ1) is 8.51. The Morgan fingerprint density at radius 1 is 1.50 bits per heavy atom. The first-order valence-electron chi connectivity index (χ1n) is 6.23. The molecule has 0 amide bonds. The van der Waals surface area contributed by atoms with Crippen LogP contribution in [-0.4, -0.2) is 17.9 Å². The Morgan fingerprint density at radius 3 is 2.89 bits per heavy atom. The lowest BCUT2D eigenvalue weighted by Crippen LogP contribution is -2.52. The number of hydrogen-bond donors (Lipinski definition) is 1. The summed E-state index contributed by atoms with van der Waals surface area (Å²) in [7, 11) is 0. The zero-order chi connectivity index (χ0) is 13.2. The molecule has 4 heteroatoms. The van der Waals surface area contributed by atoms with E-state index in [-0.39, 0.29) is 11.6 Å². The van der Waals surface area contributed by atoms with Gasteiger partial charge in [-0.25, -0.2) is 4.39 Å². The fraction of sp³-hybridized carbons (Fsp3) is 0.500. The molecule has 0 radical (unpaired) electrons. The number of rotatable bonds is 3. The van der Waals surface area contributed by atoms with Gasteiger partial charge in [0, 0.05) is 10.9 Å². The highest BCUT2D eigenvalue weighted by Crippen LogP contribution is 2.24. The summed E-state index contributed by atoms with van der Waals surface area (Å²) in [5, 5.41) is 3.31. The summed E-state index contributed by atoms with van der Waals surface area (Å²) in [6, 6.07) is 4.47. The summed E-state index contributed by atoms with van der Waals surface area (Å²) in [6.07, 6.45) is 3.43. The Hall–Kier alpha value is -0.740. The topological polar surface area (TPSA) is 29.1 Å². The number of piperidine rings is 1. The van der Waals surface area contributed by atoms with Crippen molar-refractivity contribution in [1.29, 1.82) is 0 Å². The number of carbonyl (C=O) groups excluding carboxylic acids is 1. The summed E-state index contributed by atoms with van der Waals surface area (Å²) >= 11 is 3.30. The van der Waals surface area contributed by atoms with Gasteiger partial charge in [-0.3, -0.25) is 4.79 Å². The highest BCUT2D eigenvalue weighted by molar-refractivity contribution is 9.10. The molecule has 2 rings (SSSR count). The summed E-state index contributed by atoms with van der Waals surface area (Å²) in [5.74, 6) is -0.116. The van der Waals surface area contributed by atoms with Crippen LogP contribution < -0.4 is 5.32 Å². The van der Waals surface area contributed by atoms with Crippen LogP contribution in [0.3, 0.4) is 0 Å². The predicted octanol–water partition coefficient (Wildman–Crippen LogP) is 3.23. The van der Waals surface area contributed by atoms with Crippen LogP contribution in [0.4, 0.5) is 4.39 Å². The fourth-order valence-electron chi connectivity index (χ4n) is 2.33. The maximum atomic E-state index is 13.0. The molecular formula is C14H17BrFNO. The number of halogens is 2. The standard InChI is InChI=1S/C14H17BrFNO/c1-14(6-2-3-7-17-14)13(18)8-10-4-5-11(16)9-12(10)15/h4-5,9,17H,2-3,6-8H2,1H3. The van der Waals surface area contributed by atoms with Gasteiger partial charge in [-0.05, 0) is 50.4 Å². The molecule has 1 unspecified atom stereocenters. The molecule has 1 atom stereocenters. The minimum Gasteiger partial charge on any atom is -0.305 e. The highest BCUT2D eigenvalue weighted by Gasteiger charge is 2.33. The van der Waals surface area contributed by atoms with E-state index in [0.717, 1.165) is 31.4 Å². The number of ketones is 1. The van der Waals surface area contributed by atoms with E-state index in [1.165, 1.54) is 12.1 Å². The third kappa shape index (κ3) is 2.98. The average molecular weight is 314 g/mol. The van der Waals surface area contributed by atoms with E-state index in [2.05, 4.69) is 21.2 Å². The van der Waals surface area contributed by atoms with Crippen LogP contribution in [-0.2, 0) is 11.2 Å². The third-order valence-electron chi connectivity index (χ3n) is 3.60. The second-order valence-electron chi connectivity index (χ2n) is 5.05. The molecule has 0 bridgehead atoms. The maximum absolute atomic E-state index is 13.0. The van der Waals surface area contributed by atoms with Crippen molar-refractivity contribution < 1.29 is 9.18 Å². The van der Waals surface area contributed by atoms with Crippen LogP contribution >= 0.6 is 15.9 Å². The molecule has 1 N–H and O–H groups in total. The molecule has 0 saturated carbocycles. The van der Waals surface area contributed by atoms with E-state index >= 15 is 0 Å². The van der Waals surface area contributed by atoms with Crippen LogP contribution in [0.1, 0.15) is 31.7 Å². The van der Waals surface area contributed by atoms with Crippen molar-refractivity contribution in [2.75, 3.05) is 6.54 Å². The van der Waals surface area contributed by atoms with Gasteiger partial charge in [-0.2, -0.15) is 0 Å². The van der Waals surface area contributed by atoms with Gasteiger partial charge in [0.15, 0.2) is 5.78 Å². The Bertz CT molecular complexity index is 455. The number of hydrogen-bond acceptors (Lipinski definition) is 2. The minimum absolute atomic E-state index is 0.175. The molecule has 2 nitrogen and oxygen atoms in total. The molecule has 1 aliphatic rings. The molecule has 1 aromatic rings. The predicted molar refractivity (Wildman–Crippen MR) is 73.1 cm³/mol. The fourth-order valence-corrected chi connectivity index (χ4v) is 2.82. The summed E-state index contributed by atoms with van der Waals surface area (Å²) < 4.78 is 13.6. The van der Waals surface area contributed by atoms with Gasteiger partial charge in [0.05, 0.1) is 5.54 Å². The zero-order valence-corrected chi connectivity index (χ0v) is 12.0. The molecule has 0 aromatic heterocycles. The Morgan fingerprint density at radius 2 is 2.28 bits per heavy atom. The SMILES string of the molecule is CC1(C(=O)Cc2ccc(F)cc2Br)CCCCN1. The van der Waals surface area contributed by atoms with Gasteiger partial charge >= 0.3 is 0 Å².